The minimum absolute atomic E-state index is 0.0545. The van der Waals surface area contributed by atoms with Crippen molar-refractivity contribution < 1.29 is 9.53 Å². The third kappa shape index (κ3) is 3.59. The van der Waals surface area contributed by atoms with E-state index in [-0.39, 0.29) is 5.91 Å². The summed E-state index contributed by atoms with van der Waals surface area (Å²) in [6.45, 7) is 4.00. The van der Waals surface area contributed by atoms with Gasteiger partial charge in [-0.05, 0) is 17.7 Å². The molecule has 16 heavy (non-hydrogen) atoms. The predicted molar refractivity (Wildman–Crippen MR) is 64.9 cm³/mol. The molecular formula is C12H14ClNO2. The average Bonchev–Trinajstić information content (AvgIpc) is 2.26. The van der Waals surface area contributed by atoms with Gasteiger partial charge in [0.25, 0.3) is 0 Å². The first-order valence-corrected chi connectivity index (χ1v) is 5.25. The molecule has 3 nitrogen and oxygen atoms in total. The van der Waals surface area contributed by atoms with Gasteiger partial charge in [0.15, 0.2) is 0 Å². The Morgan fingerprint density at radius 1 is 1.62 bits per heavy atom. The zero-order valence-electron chi connectivity index (χ0n) is 9.13. The molecule has 0 spiro atoms. The highest BCUT2D eigenvalue weighted by Gasteiger charge is 2.05. The van der Waals surface area contributed by atoms with E-state index < -0.39 is 0 Å². The molecule has 0 saturated heterocycles. The van der Waals surface area contributed by atoms with Crippen LogP contribution in [-0.2, 0) is 11.2 Å². The molecule has 0 bridgehead atoms. The van der Waals surface area contributed by atoms with Crippen LogP contribution in [0.1, 0.15) is 5.56 Å². The summed E-state index contributed by atoms with van der Waals surface area (Å²) in [5.41, 5.74) is 0.854. The maximum Gasteiger partial charge on any atom is 0.224 e. The van der Waals surface area contributed by atoms with E-state index in [4.69, 9.17) is 16.3 Å². The van der Waals surface area contributed by atoms with Crippen molar-refractivity contribution in [2.75, 3.05) is 13.7 Å². The number of carbonyl (C=O) groups is 1. The molecule has 1 N–H and O–H groups in total. The van der Waals surface area contributed by atoms with Gasteiger partial charge in [-0.25, -0.2) is 0 Å². The lowest BCUT2D eigenvalue weighted by molar-refractivity contribution is -0.120. The molecule has 0 aliphatic heterocycles. The zero-order chi connectivity index (χ0) is 12.0. The van der Waals surface area contributed by atoms with Crippen LogP contribution in [0, 0.1) is 0 Å². The second-order valence-corrected chi connectivity index (χ2v) is 3.65. The fourth-order valence-corrected chi connectivity index (χ4v) is 1.53. The number of halogens is 1. The molecule has 0 atom stereocenters. The van der Waals surface area contributed by atoms with Gasteiger partial charge < -0.3 is 10.1 Å². The number of carbonyl (C=O) groups excluding carboxylic acids is 1. The van der Waals surface area contributed by atoms with E-state index in [1.165, 1.54) is 0 Å². The number of hydrogen-bond acceptors (Lipinski definition) is 2. The Balaban J connectivity index is 2.64. The van der Waals surface area contributed by atoms with Crippen LogP contribution in [0.4, 0.5) is 0 Å². The summed E-state index contributed by atoms with van der Waals surface area (Å²) >= 11 is 5.94. The summed E-state index contributed by atoms with van der Waals surface area (Å²) in [6, 6.07) is 5.30. The molecule has 1 aromatic carbocycles. The zero-order valence-corrected chi connectivity index (χ0v) is 9.88. The van der Waals surface area contributed by atoms with E-state index >= 15 is 0 Å². The van der Waals surface area contributed by atoms with Crippen molar-refractivity contribution >= 4 is 17.5 Å². The van der Waals surface area contributed by atoms with Crippen LogP contribution in [0.5, 0.6) is 5.75 Å². The molecule has 0 radical (unpaired) electrons. The van der Waals surface area contributed by atoms with Gasteiger partial charge in [0, 0.05) is 6.54 Å². The molecular weight excluding hydrogens is 226 g/mol. The predicted octanol–water partition coefficient (Wildman–Crippen LogP) is 2.19. The summed E-state index contributed by atoms with van der Waals surface area (Å²) in [7, 11) is 1.55. The van der Waals surface area contributed by atoms with Gasteiger partial charge in [-0.1, -0.05) is 23.7 Å². The minimum Gasteiger partial charge on any atom is -0.495 e. The van der Waals surface area contributed by atoms with Gasteiger partial charge in [0.2, 0.25) is 5.91 Å². The highest BCUT2D eigenvalue weighted by molar-refractivity contribution is 6.32. The van der Waals surface area contributed by atoms with Crippen LogP contribution in [0.3, 0.4) is 0 Å². The number of methoxy groups -OCH3 is 1. The van der Waals surface area contributed by atoms with Crippen molar-refractivity contribution in [3.63, 3.8) is 0 Å². The average molecular weight is 240 g/mol. The van der Waals surface area contributed by atoms with Crippen LogP contribution < -0.4 is 10.1 Å². The van der Waals surface area contributed by atoms with Gasteiger partial charge >= 0.3 is 0 Å². The van der Waals surface area contributed by atoms with Gasteiger partial charge in [-0.3, -0.25) is 4.79 Å². The summed E-state index contributed by atoms with van der Waals surface area (Å²) in [4.78, 5) is 11.4. The Labute approximate surface area is 100 Å². The van der Waals surface area contributed by atoms with E-state index in [1.54, 1.807) is 25.3 Å². The van der Waals surface area contributed by atoms with Gasteiger partial charge in [0.1, 0.15) is 5.75 Å². The molecule has 1 amide bonds. The molecule has 1 aromatic rings. The monoisotopic (exact) mass is 239 g/mol. The van der Waals surface area contributed by atoms with Crippen molar-refractivity contribution in [1.82, 2.24) is 5.32 Å². The lowest BCUT2D eigenvalue weighted by atomic mass is 10.1. The summed E-state index contributed by atoms with van der Waals surface area (Å²) in [5, 5.41) is 3.21. The van der Waals surface area contributed by atoms with Gasteiger partial charge in [-0.2, -0.15) is 0 Å². The molecule has 0 unspecified atom stereocenters. The fourth-order valence-electron chi connectivity index (χ4n) is 1.25. The highest BCUT2D eigenvalue weighted by atomic mass is 35.5. The molecule has 0 aromatic heterocycles. The number of ether oxygens (including phenoxy) is 1. The van der Waals surface area contributed by atoms with Gasteiger partial charge in [-0.15, -0.1) is 6.58 Å². The third-order valence-corrected chi connectivity index (χ3v) is 2.32. The normalized spacial score (nSPS) is 9.62. The van der Waals surface area contributed by atoms with Crippen molar-refractivity contribution in [2.45, 2.75) is 6.42 Å². The number of amides is 1. The molecule has 0 saturated carbocycles. The van der Waals surface area contributed by atoms with E-state index in [9.17, 15) is 4.79 Å². The first-order valence-electron chi connectivity index (χ1n) is 4.87. The molecule has 1 rings (SSSR count). The first kappa shape index (κ1) is 12.6. The smallest absolute Gasteiger partial charge is 0.224 e. The van der Waals surface area contributed by atoms with E-state index in [1.807, 2.05) is 6.07 Å². The van der Waals surface area contributed by atoms with E-state index in [2.05, 4.69) is 11.9 Å². The third-order valence-electron chi connectivity index (χ3n) is 2.02. The molecule has 0 fully saturated rings. The fraction of sp³-hybridized carbons (Fsp3) is 0.250. The molecule has 0 aliphatic rings. The second-order valence-electron chi connectivity index (χ2n) is 3.24. The standard InChI is InChI=1S/C12H14ClNO2/c1-3-6-14-12(15)8-9-4-5-11(16-2)10(13)7-9/h3-5,7H,1,6,8H2,2H3,(H,14,15). The lowest BCUT2D eigenvalue weighted by Crippen LogP contribution is -2.24. The van der Waals surface area contributed by atoms with E-state index in [0.717, 1.165) is 5.56 Å². The van der Waals surface area contributed by atoms with Crippen LogP contribution in [0.25, 0.3) is 0 Å². The minimum atomic E-state index is -0.0545. The van der Waals surface area contributed by atoms with Crippen molar-refractivity contribution in [3.8, 4) is 5.75 Å². The Bertz CT molecular complexity index is 391. The maximum atomic E-state index is 11.4. The van der Waals surface area contributed by atoms with Crippen LogP contribution in [0.15, 0.2) is 30.9 Å². The SMILES string of the molecule is C=CCNC(=O)Cc1ccc(OC)c(Cl)c1. The highest BCUT2D eigenvalue weighted by Crippen LogP contribution is 2.24. The van der Waals surface area contributed by atoms with Crippen molar-refractivity contribution in [1.29, 1.82) is 0 Å². The van der Waals surface area contributed by atoms with Crippen molar-refractivity contribution in [3.05, 3.63) is 41.4 Å². The van der Waals surface area contributed by atoms with Crippen LogP contribution >= 0.6 is 11.6 Å². The Morgan fingerprint density at radius 2 is 2.38 bits per heavy atom. The number of rotatable bonds is 5. The quantitative estimate of drug-likeness (QED) is 0.800. The number of nitrogens with one attached hydrogen (secondary N) is 1. The second kappa shape index (κ2) is 6.18. The van der Waals surface area contributed by atoms with E-state index in [0.29, 0.717) is 23.7 Å². The molecule has 4 heteroatoms. The Hall–Kier alpha value is -1.48. The molecule has 0 aliphatic carbocycles. The summed E-state index contributed by atoms with van der Waals surface area (Å²) in [5.74, 6) is 0.554. The molecule has 0 heterocycles. The van der Waals surface area contributed by atoms with Crippen molar-refractivity contribution in [2.24, 2.45) is 0 Å². The first-order chi connectivity index (χ1) is 7.67. The number of benzene rings is 1. The lowest BCUT2D eigenvalue weighted by Gasteiger charge is -2.06. The number of hydrogen-bond donors (Lipinski definition) is 1. The summed E-state index contributed by atoms with van der Waals surface area (Å²) < 4.78 is 5.02. The maximum absolute atomic E-state index is 11.4. The molecule has 86 valence electrons. The van der Waals surface area contributed by atoms with Crippen LogP contribution in [-0.4, -0.2) is 19.6 Å². The Morgan fingerprint density at radius 3 is 2.94 bits per heavy atom. The van der Waals surface area contributed by atoms with Gasteiger partial charge in [0.05, 0.1) is 18.6 Å². The Kier molecular flexibility index (Phi) is 4.86. The van der Waals surface area contributed by atoms with Crippen LogP contribution in [0.2, 0.25) is 5.02 Å². The topological polar surface area (TPSA) is 38.3 Å². The largest absolute Gasteiger partial charge is 0.495 e. The summed E-state index contributed by atoms with van der Waals surface area (Å²) in [6.07, 6.45) is 1.94.